The van der Waals surface area contributed by atoms with Crippen molar-refractivity contribution in [3.05, 3.63) is 34.4 Å². The topological polar surface area (TPSA) is 99.7 Å². The molecule has 2 rings (SSSR count). The van der Waals surface area contributed by atoms with Crippen LogP contribution in [0.3, 0.4) is 0 Å². The number of hydrogen-bond acceptors (Lipinski definition) is 6. The van der Waals surface area contributed by atoms with Crippen LogP contribution < -0.4 is 20.5 Å². The maximum absolute atomic E-state index is 11.0. The van der Waals surface area contributed by atoms with E-state index in [1.807, 2.05) is 0 Å². The summed E-state index contributed by atoms with van der Waals surface area (Å²) in [6.45, 7) is 1.73. The summed E-state index contributed by atoms with van der Waals surface area (Å²) in [7, 11) is 0. The second-order valence-electron chi connectivity index (χ2n) is 3.86. The quantitative estimate of drug-likeness (QED) is 0.473. The Morgan fingerprint density at radius 1 is 1.32 bits per heavy atom. The van der Waals surface area contributed by atoms with Gasteiger partial charge in [-0.3, -0.25) is 10.1 Å². The van der Waals surface area contributed by atoms with Crippen molar-refractivity contribution in [2.75, 3.05) is 31.6 Å². The zero-order chi connectivity index (χ0) is 13.7. The Bertz CT molecular complexity index is 502. The van der Waals surface area contributed by atoms with Gasteiger partial charge < -0.3 is 20.5 Å². The fourth-order valence-corrected chi connectivity index (χ4v) is 1.72. The van der Waals surface area contributed by atoms with E-state index in [1.165, 1.54) is 6.07 Å². The van der Waals surface area contributed by atoms with Crippen molar-refractivity contribution in [3.63, 3.8) is 0 Å². The Morgan fingerprint density at radius 3 is 2.63 bits per heavy atom. The molecule has 0 saturated heterocycles. The van der Waals surface area contributed by atoms with Crippen LogP contribution in [0.5, 0.6) is 11.5 Å². The number of nitrogens with two attached hydrogens (primary N) is 1. The van der Waals surface area contributed by atoms with Crippen LogP contribution in [-0.4, -0.2) is 31.2 Å². The van der Waals surface area contributed by atoms with Crippen LogP contribution in [0.4, 0.5) is 11.4 Å². The van der Waals surface area contributed by atoms with E-state index in [0.717, 1.165) is 0 Å². The zero-order valence-electron chi connectivity index (χ0n) is 10.3. The van der Waals surface area contributed by atoms with Crippen molar-refractivity contribution in [1.29, 1.82) is 0 Å². The van der Waals surface area contributed by atoms with E-state index < -0.39 is 4.92 Å². The third kappa shape index (κ3) is 3.14. The first-order valence-electron chi connectivity index (χ1n) is 5.89. The molecule has 0 fully saturated rings. The predicted octanol–water partition coefficient (Wildman–Crippen LogP) is 1.29. The lowest BCUT2D eigenvalue weighted by atomic mass is 10.2. The van der Waals surface area contributed by atoms with E-state index in [2.05, 4.69) is 5.32 Å². The smallest absolute Gasteiger partial charge is 0.296 e. The molecule has 0 spiro atoms. The number of anilines is 1. The van der Waals surface area contributed by atoms with Gasteiger partial charge in [0, 0.05) is 19.2 Å². The van der Waals surface area contributed by atoms with Crippen molar-refractivity contribution in [2.24, 2.45) is 5.73 Å². The number of nitro benzene ring substituents is 1. The van der Waals surface area contributed by atoms with Gasteiger partial charge in [0.2, 0.25) is 0 Å². The Hall–Kier alpha value is -2.28. The molecule has 3 N–H and O–H groups in total. The lowest BCUT2D eigenvalue weighted by Crippen LogP contribution is -2.16. The first-order valence-corrected chi connectivity index (χ1v) is 5.89. The summed E-state index contributed by atoms with van der Waals surface area (Å²) in [6.07, 6.45) is 3.58. The largest absolute Gasteiger partial charge is 0.486 e. The number of hydrogen-bond donors (Lipinski definition) is 2. The van der Waals surface area contributed by atoms with Gasteiger partial charge in [-0.2, -0.15) is 0 Å². The lowest BCUT2D eigenvalue weighted by molar-refractivity contribution is -0.384. The Labute approximate surface area is 110 Å². The van der Waals surface area contributed by atoms with E-state index in [0.29, 0.717) is 43.5 Å². The molecule has 1 aromatic carbocycles. The highest BCUT2D eigenvalue weighted by Crippen LogP contribution is 2.39. The van der Waals surface area contributed by atoms with E-state index in [-0.39, 0.29) is 5.69 Å². The van der Waals surface area contributed by atoms with Gasteiger partial charge in [0.15, 0.2) is 11.5 Å². The predicted molar refractivity (Wildman–Crippen MR) is 70.8 cm³/mol. The molecule has 0 aromatic heterocycles. The summed E-state index contributed by atoms with van der Waals surface area (Å²) in [6, 6.07) is 2.96. The molecule has 0 saturated carbocycles. The third-order valence-electron chi connectivity index (χ3n) is 2.57. The minimum atomic E-state index is -0.451. The van der Waals surface area contributed by atoms with Crippen molar-refractivity contribution >= 4 is 11.4 Å². The van der Waals surface area contributed by atoms with E-state index in [9.17, 15) is 10.1 Å². The molecule has 7 nitrogen and oxygen atoms in total. The van der Waals surface area contributed by atoms with Crippen LogP contribution in [0.15, 0.2) is 24.3 Å². The monoisotopic (exact) mass is 265 g/mol. The average Bonchev–Trinajstić information content (AvgIpc) is 2.42. The fourth-order valence-electron chi connectivity index (χ4n) is 1.72. The maximum Gasteiger partial charge on any atom is 0.296 e. The fraction of sp³-hybridized carbons (Fsp3) is 0.333. The molecular weight excluding hydrogens is 250 g/mol. The molecule has 1 heterocycles. The third-order valence-corrected chi connectivity index (χ3v) is 2.57. The van der Waals surface area contributed by atoms with Gasteiger partial charge in [-0.15, -0.1) is 0 Å². The summed E-state index contributed by atoms with van der Waals surface area (Å²) >= 11 is 0. The van der Waals surface area contributed by atoms with E-state index >= 15 is 0 Å². The molecule has 7 heteroatoms. The van der Waals surface area contributed by atoms with Crippen molar-refractivity contribution < 1.29 is 14.4 Å². The lowest BCUT2D eigenvalue weighted by Gasteiger charge is -2.19. The molecule has 102 valence electrons. The highest BCUT2D eigenvalue weighted by atomic mass is 16.6. The van der Waals surface area contributed by atoms with Gasteiger partial charge in [-0.05, 0) is 0 Å². The van der Waals surface area contributed by atoms with Crippen molar-refractivity contribution in [2.45, 2.75) is 0 Å². The summed E-state index contributed by atoms with van der Waals surface area (Å²) in [5.41, 5.74) is 5.68. The molecule has 0 aliphatic carbocycles. The standard InChI is InChI=1S/C12H15N3O4/c13-3-1-2-4-14-9-7-11-12(19-6-5-18-11)8-10(9)15(16)17/h1-2,7-8,14H,3-6,13H2/b2-1+. The van der Waals surface area contributed by atoms with E-state index in [4.69, 9.17) is 15.2 Å². The molecule has 0 unspecified atom stereocenters. The van der Waals surface area contributed by atoms with Crippen LogP contribution in [0.2, 0.25) is 0 Å². The first-order chi connectivity index (χ1) is 9.22. The van der Waals surface area contributed by atoms with Crippen LogP contribution in [0.1, 0.15) is 0 Å². The van der Waals surface area contributed by atoms with Gasteiger partial charge in [0.05, 0.1) is 11.0 Å². The minimum Gasteiger partial charge on any atom is -0.486 e. The van der Waals surface area contributed by atoms with Crippen LogP contribution in [0.25, 0.3) is 0 Å². The Morgan fingerprint density at radius 2 is 2.00 bits per heavy atom. The average molecular weight is 265 g/mol. The SMILES string of the molecule is NC/C=C/CNc1cc2c(cc1[N+](=O)[O-])OCCO2. The number of benzene rings is 1. The molecule has 1 aliphatic heterocycles. The van der Waals surface area contributed by atoms with Gasteiger partial charge >= 0.3 is 0 Å². The summed E-state index contributed by atoms with van der Waals surface area (Å²) < 4.78 is 10.7. The summed E-state index contributed by atoms with van der Waals surface area (Å²) in [5, 5.41) is 14.0. The second kappa shape index (κ2) is 6.05. The highest BCUT2D eigenvalue weighted by molar-refractivity contribution is 5.68. The van der Waals surface area contributed by atoms with Gasteiger partial charge in [0.25, 0.3) is 5.69 Å². The number of fused-ring (bicyclic) bond motifs is 1. The number of nitrogens with zero attached hydrogens (tertiary/aromatic N) is 1. The van der Waals surface area contributed by atoms with Gasteiger partial charge in [0.1, 0.15) is 18.9 Å². The molecular formula is C12H15N3O4. The second-order valence-corrected chi connectivity index (χ2v) is 3.86. The number of nitro groups is 1. The Kier molecular flexibility index (Phi) is 4.19. The van der Waals surface area contributed by atoms with Gasteiger partial charge in [-0.25, -0.2) is 0 Å². The molecule has 0 atom stereocenters. The van der Waals surface area contributed by atoms with Crippen LogP contribution in [-0.2, 0) is 0 Å². The summed E-state index contributed by atoms with van der Waals surface area (Å²) in [4.78, 5) is 10.6. The normalized spacial score (nSPS) is 13.5. The molecule has 19 heavy (non-hydrogen) atoms. The number of nitrogens with one attached hydrogen (secondary N) is 1. The summed E-state index contributed by atoms with van der Waals surface area (Å²) in [5.74, 6) is 0.920. The highest BCUT2D eigenvalue weighted by Gasteiger charge is 2.21. The van der Waals surface area contributed by atoms with Gasteiger partial charge in [-0.1, -0.05) is 12.2 Å². The zero-order valence-corrected chi connectivity index (χ0v) is 10.3. The minimum absolute atomic E-state index is 0.0367. The van der Waals surface area contributed by atoms with Crippen molar-refractivity contribution in [3.8, 4) is 11.5 Å². The molecule has 1 aliphatic rings. The molecule has 1 aromatic rings. The van der Waals surface area contributed by atoms with Crippen LogP contribution in [0, 0.1) is 10.1 Å². The van der Waals surface area contributed by atoms with Crippen molar-refractivity contribution in [1.82, 2.24) is 0 Å². The van der Waals surface area contributed by atoms with E-state index in [1.54, 1.807) is 18.2 Å². The number of ether oxygens (including phenoxy) is 2. The number of rotatable bonds is 5. The molecule has 0 radical (unpaired) electrons. The first kappa shape index (κ1) is 13.2. The Balaban J connectivity index is 2.24. The van der Waals surface area contributed by atoms with Crippen LogP contribution >= 0.6 is 0 Å². The molecule has 0 bridgehead atoms. The molecule has 0 amide bonds. The maximum atomic E-state index is 11.0.